The molecule has 0 saturated heterocycles. The zero-order valence-electron chi connectivity index (χ0n) is 11.1. The highest BCUT2D eigenvalue weighted by molar-refractivity contribution is 6.31. The van der Waals surface area contributed by atoms with Gasteiger partial charge in [0.15, 0.2) is 0 Å². The first-order valence-electron chi connectivity index (χ1n) is 7.14. The van der Waals surface area contributed by atoms with E-state index < -0.39 is 5.82 Å². The zero-order chi connectivity index (χ0) is 13.7. The highest BCUT2D eigenvalue weighted by atomic mass is 35.5. The molecule has 0 N–H and O–H groups in total. The fraction of sp³-hybridized carbons (Fsp3) is 0.562. The predicted octanol–water partition coefficient (Wildman–Crippen LogP) is 4.95. The van der Waals surface area contributed by atoms with Gasteiger partial charge in [-0.1, -0.05) is 55.8 Å². The topological polar surface area (TPSA) is 17.1 Å². The lowest BCUT2D eigenvalue weighted by Gasteiger charge is -2.18. The van der Waals surface area contributed by atoms with E-state index in [0.717, 1.165) is 25.7 Å². The molecule has 1 aromatic rings. The summed E-state index contributed by atoms with van der Waals surface area (Å²) in [5, 5.41) is 0.0988. The number of carbonyl (C=O) groups is 1. The molecule has 1 aliphatic carbocycles. The van der Waals surface area contributed by atoms with Gasteiger partial charge in [0.25, 0.3) is 0 Å². The van der Waals surface area contributed by atoms with Crippen LogP contribution in [0, 0.1) is 11.7 Å². The minimum Gasteiger partial charge on any atom is -0.299 e. The van der Waals surface area contributed by atoms with Crippen LogP contribution >= 0.6 is 11.6 Å². The molecule has 0 atom stereocenters. The summed E-state index contributed by atoms with van der Waals surface area (Å²) in [6.45, 7) is 0. The molecule has 1 fully saturated rings. The second kappa shape index (κ2) is 7.04. The lowest BCUT2D eigenvalue weighted by molar-refractivity contribution is -0.122. The molecule has 0 aliphatic heterocycles. The third kappa shape index (κ3) is 4.04. The van der Waals surface area contributed by atoms with Crippen molar-refractivity contribution in [3.8, 4) is 0 Å². The summed E-state index contributed by atoms with van der Waals surface area (Å²) >= 11 is 5.91. The summed E-state index contributed by atoms with van der Waals surface area (Å²) in [7, 11) is 0. The van der Waals surface area contributed by atoms with Crippen molar-refractivity contribution < 1.29 is 9.18 Å². The lowest BCUT2D eigenvalue weighted by atomic mass is 9.86. The molecule has 0 radical (unpaired) electrons. The number of hydrogen-bond acceptors (Lipinski definition) is 1. The first-order valence-corrected chi connectivity index (χ1v) is 7.52. The maximum absolute atomic E-state index is 13.3. The van der Waals surface area contributed by atoms with E-state index in [4.69, 9.17) is 11.6 Å². The largest absolute Gasteiger partial charge is 0.299 e. The smallest absolute Gasteiger partial charge is 0.142 e. The van der Waals surface area contributed by atoms with Gasteiger partial charge in [-0.15, -0.1) is 0 Å². The van der Waals surface area contributed by atoms with E-state index in [2.05, 4.69) is 0 Å². The van der Waals surface area contributed by atoms with Gasteiger partial charge in [-0.2, -0.15) is 0 Å². The number of ketones is 1. The van der Waals surface area contributed by atoms with Crippen LogP contribution in [0.5, 0.6) is 0 Å². The number of hydrogen-bond donors (Lipinski definition) is 0. The standard InChI is InChI=1S/C16H20ClFO/c17-16-13(9-6-10-14(16)18)11-15(19)12-7-4-2-1-3-5-8-12/h6,9-10,12H,1-5,7-8,11H2. The summed E-state index contributed by atoms with van der Waals surface area (Å²) in [6, 6.07) is 4.68. The average Bonchev–Trinajstić information content (AvgIpc) is 2.34. The Morgan fingerprint density at radius 3 is 2.47 bits per heavy atom. The van der Waals surface area contributed by atoms with Crippen LogP contribution in [0.3, 0.4) is 0 Å². The van der Waals surface area contributed by atoms with E-state index in [1.165, 1.54) is 25.3 Å². The van der Waals surface area contributed by atoms with Crippen LogP contribution in [0.1, 0.15) is 50.5 Å². The van der Waals surface area contributed by atoms with Crippen LogP contribution in [-0.4, -0.2) is 5.78 Å². The van der Waals surface area contributed by atoms with Gasteiger partial charge < -0.3 is 0 Å². The molecule has 0 heterocycles. The van der Waals surface area contributed by atoms with Crippen molar-refractivity contribution >= 4 is 17.4 Å². The Balaban J connectivity index is 2.01. The normalized spacial score (nSPS) is 17.8. The Hall–Kier alpha value is -0.890. The Morgan fingerprint density at radius 1 is 1.16 bits per heavy atom. The maximum atomic E-state index is 13.3. The predicted molar refractivity (Wildman–Crippen MR) is 75.9 cm³/mol. The third-order valence-corrected chi connectivity index (χ3v) is 4.38. The molecule has 0 aromatic heterocycles. The van der Waals surface area contributed by atoms with Gasteiger partial charge in [-0.05, 0) is 24.5 Å². The van der Waals surface area contributed by atoms with Gasteiger partial charge in [0.05, 0.1) is 5.02 Å². The van der Waals surface area contributed by atoms with Crippen LogP contribution in [-0.2, 0) is 11.2 Å². The highest BCUT2D eigenvalue weighted by Gasteiger charge is 2.20. The van der Waals surface area contributed by atoms with Gasteiger partial charge in [0.1, 0.15) is 11.6 Å². The van der Waals surface area contributed by atoms with Crippen molar-refractivity contribution in [2.45, 2.75) is 51.4 Å². The van der Waals surface area contributed by atoms with Crippen molar-refractivity contribution in [2.24, 2.45) is 5.92 Å². The molecule has 0 bridgehead atoms. The van der Waals surface area contributed by atoms with E-state index >= 15 is 0 Å². The van der Waals surface area contributed by atoms with Gasteiger partial charge in [0.2, 0.25) is 0 Å². The minimum atomic E-state index is -0.440. The SMILES string of the molecule is O=C(Cc1cccc(F)c1Cl)C1CCCCCCC1. The molecule has 1 nitrogen and oxygen atoms in total. The van der Waals surface area contributed by atoms with Gasteiger partial charge in [-0.25, -0.2) is 4.39 Å². The number of benzene rings is 1. The van der Waals surface area contributed by atoms with Gasteiger partial charge in [-0.3, -0.25) is 4.79 Å². The second-order valence-electron chi connectivity index (χ2n) is 5.40. The van der Waals surface area contributed by atoms with E-state index in [9.17, 15) is 9.18 Å². The van der Waals surface area contributed by atoms with Crippen LogP contribution < -0.4 is 0 Å². The molecule has 19 heavy (non-hydrogen) atoms. The second-order valence-corrected chi connectivity index (χ2v) is 5.78. The molecule has 1 aliphatic rings. The van der Waals surface area contributed by atoms with E-state index in [0.29, 0.717) is 5.56 Å². The summed E-state index contributed by atoms with van der Waals surface area (Å²) < 4.78 is 13.3. The fourth-order valence-corrected chi connectivity index (χ4v) is 2.99. The maximum Gasteiger partial charge on any atom is 0.142 e. The molecular formula is C16H20ClFO. The molecule has 1 saturated carbocycles. The van der Waals surface area contributed by atoms with Crippen molar-refractivity contribution in [1.82, 2.24) is 0 Å². The Kier molecular flexibility index (Phi) is 5.38. The van der Waals surface area contributed by atoms with E-state index in [1.807, 2.05) is 0 Å². The molecule has 2 rings (SSSR count). The van der Waals surface area contributed by atoms with Crippen LogP contribution in [0.25, 0.3) is 0 Å². The van der Waals surface area contributed by atoms with Crippen molar-refractivity contribution in [1.29, 1.82) is 0 Å². The van der Waals surface area contributed by atoms with Gasteiger partial charge >= 0.3 is 0 Å². The van der Waals surface area contributed by atoms with E-state index in [-0.39, 0.29) is 23.1 Å². The molecular weight excluding hydrogens is 263 g/mol. The molecule has 104 valence electrons. The van der Waals surface area contributed by atoms with Crippen LogP contribution in [0.2, 0.25) is 5.02 Å². The summed E-state index contributed by atoms with van der Waals surface area (Å²) in [4.78, 5) is 12.3. The Morgan fingerprint density at radius 2 is 1.79 bits per heavy atom. The quantitative estimate of drug-likeness (QED) is 0.766. The monoisotopic (exact) mass is 282 g/mol. The highest BCUT2D eigenvalue weighted by Crippen LogP contribution is 2.26. The first-order chi connectivity index (χ1) is 9.18. The zero-order valence-corrected chi connectivity index (χ0v) is 11.9. The number of carbonyl (C=O) groups excluding carboxylic acids is 1. The lowest BCUT2D eigenvalue weighted by Crippen LogP contribution is -2.18. The third-order valence-electron chi connectivity index (χ3n) is 3.96. The molecule has 0 amide bonds. The Bertz CT molecular complexity index is 436. The van der Waals surface area contributed by atoms with Crippen LogP contribution in [0.15, 0.2) is 18.2 Å². The first kappa shape index (κ1) is 14.5. The van der Waals surface area contributed by atoms with Crippen molar-refractivity contribution in [3.05, 3.63) is 34.6 Å². The van der Waals surface area contributed by atoms with Crippen molar-refractivity contribution in [3.63, 3.8) is 0 Å². The average molecular weight is 283 g/mol. The molecule has 0 unspecified atom stereocenters. The van der Waals surface area contributed by atoms with Crippen molar-refractivity contribution in [2.75, 3.05) is 0 Å². The molecule has 3 heteroatoms. The Labute approximate surface area is 119 Å². The van der Waals surface area contributed by atoms with Gasteiger partial charge in [0, 0.05) is 12.3 Å². The summed E-state index contributed by atoms with van der Waals surface area (Å²) in [5.41, 5.74) is 0.619. The summed E-state index contributed by atoms with van der Waals surface area (Å²) in [5.74, 6) is -0.0846. The van der Waals surface area contributed by atoms with Crippen LogP contribution in [0.4, 0.5) is 4.39 Å². The number of halogens is 2. The fourth-order valence-electron chi connectivity index (χ4n) is 2.80. The minimum absolute atomic E-state index is 0.0988. The summed E-state index contributed by atoms with van der Waals surface area (Å²) in [6.07, 6.45) is 8.23. The number of rotatable bonds is 3. The molecule has 0 spiro atoms. The number of Topliss-reactive ketones (excluding diaryl/α,β-unsaturated/α-hetero) is 1. The molecule has 1 aromatic carbocycles. The van der Waals surface area contributed by atoms with E-state index in [1.54, 1.807) is 12.1 Å².